The number of piperazine rings is 1. The molecule has 1 unspecified atom stereocenters. The molecule has 1 rings (SSSR count). The number of aliphatic hydroxyl groups is 1. The highest BCUT2D eigenvalue weighted by Gasteiger charge is 2.28. The van der Waals surface area contributed by atoms with Gasteiger partial charge in [0.1, 0.15) is 6.04 Å². The summed E-state index contributed by atoms with van der Waals surface area (Å²) in [4.78, 5) is 15.8. The molecule has 1 aliphatic rings. The molecule has 0 bridgehead atoms. The van der Waals surface area contributed by atoms with E-state index in [4.69, 9.17) is 4.74 Å². The van der Waals surface area contributed by atoms with E-state index in [1.165, 1.54) is 7.11 Å². The van der Waals surface area contributed by atoms with E-state index in [9.17, 15) is 9.90 Å². The molecule has 1 atom stereocenters. The predicted molar refractivity (Wildman–Crippen MR) is 70.3 cm³/mol. The summed E-state index contributed by atoms with van der Waals surface area (Å²) in [6.45, 7) is 11.2. The van der Waals surface area contributed by atoms with Crippen LogP contribution in [0.5, 0.6) is 0 Å². The Morgan fingerprint density at radius 2 is 2.00 bits per heavy atom. The van der Waals surface area contributed by atoms with Crippen molar-refractivity contribution in [1.29, 1.82) is 0 Å². The van der Waals surface area contributed by atoms with E-state index in [1.54, 1.807) is 19.9 Å². The molecule has 0 aromatic rings. The fraction of sp³-hybridized carbons (Fsp3) is 0.769. The Kier molecular flexibility index (Phi) is 5.31. The molecule has 104 valence electrons. The first-order valence-electron chi connectivity index (χ1n) is 6.26. The lowest BCUT2D eigenvalue weighted by atomic mass is 10.1. The summed E-state index contributed by atoms with van der Waals surface area (Å²) < 4.78 is 4.76. The second kappa shape index (κ2) is 6.31. The lowest BCUT2D eigenvalue weighted by Gasteiger charge is -2.39. The van der Waals surface area contributed by atoms with E-state index < -0.39 is 5.60 Å². The summed E-state index contributed by atoms with van der Waals surface area (Å²) in [6.07, 6.45) is 1.62. The van der Waals surface area contributed by atoms with Crippen molar-refractivity contribution in [3.05, 3.63) is 12.7 Å². The Balaban J connectivity index is 2.47. The van der Waals surface area contributed by atoms with Gasteiger partial charge >= 0.3 is 5.97 Å². The minimum absolute atomic E-state index is 0.263. The third-order valence-corrected chi connectivity index (χ3v) is 3.08. The molecule has 0 spiro atoms. The normalized spacial score (nSPS) is 20.4. The summed E-state index contributed by atoms with van der Waals surface area (Å²) in [5.41, 5.74) is -0.678. The van der Waals surface area contributed by atoms with Crippen molar-refractivity contribution in [3.8, 4) is 0 Å². The van der Waals surface area contributed by atoms with Crippen molar-refractivity contribution >= 4 is 5.97 Å². The van der Waals surface area contributed by atoms with Gasteiger partial charge in [0.25, 0.3) is 0 Å². The van der Waals surface area contributed by atoms with Crippen LogP contribution in [-0.2, 0) is 9.53 Å². The second-order valence-corrected chi connectivity index (χ2v) is 5.33. The Labute approximate surface area is 109 Å². The predicted octanol–water partition coefficient (Wildman–Crippen LogP) is 0.103. The summed E-state index contributed by atoms with van der Waals surface area (Å²) >= 11 is 0. The van der Waals surface area contributed by atoms with Crippen LogP contribution < -0.4 is 0 Å². The maximum Gasteiger partial charge on any atom is 0.327 e. The van der Waals surface area contributed by atoms with Crippen LogP contribution in [0.3, 0.4) is 0 Å². The summed E-state index contributed by atoms with van der Waals surface area (Å²) in [5, 5.41) is 9.77. The third-order valence-electron chi connectivity index (χ3n) is 3.08. The third kappa shape index (κ3) is 4.40. The van der Waals surface area contributed by atoms with Crippen LogP contribution in [0.25, 0.3) is 0 Å². The van der Waals surface area contributed by atoms with E-state index >= 15 is 0 Å². The zero-order valence-electron chi connectivity index (χ0n) is 11.6. The Morgan fingerprint density at radius 1 is 1.44 bits per heavy atom. The molecule has 0 radical (unpaired) electrons. The molecular formula is C13H24N2O3. The number of carbonyl (C=O) groups is 1. The molecule has 1 heterocycles. The molecule has 5 heteroatoms. The van der Waals surface area contributed by atoms with Gasteiger partial charge in [0.15, 0.2) is 0 Å². The molecule has 1 aliphatic heterocycles. The molecule has 0 saturated carbocycles. The van der Waals surface area contributed by atoms with E-state index in [-0.39, 0.29) is 12.0 Å². The van der Waals surface area contributed by atoms with Gasteiger partial charge in [-0.3, -0.25) is 14.6 Å². The number of methoxy groups -OCH3 is 1. The average Bonchev–Trinajstić information content (AvgIpc) is 2.30. The van der Waals surface area contributed by atoms with Crippen molar-refractivity contribution in [1.82, 2.24) is 9.80 Å². The Hall–Kier alpha value is -0.910. The minimum Gasteiger partial charge on any atom is -0.468 e. The van der Waals surface area contributed by atoms with E-state index in [0.29, 0.717) is 6.54 Å². The highest BCUT2D eigenvalue weighted by molar-refractivity contribution is 5.77. The first-order chi connectivity index (χ1) is 8.37. The maximum atomic E-state index is 11.6. The lowest BCUT2D eigenvalue weighted by Crippen LogP contribution is -2.54. The quantitative estimate of drug-likeness (QED) is 0.558. The SMILES string of the molecule is C=CC(C(=O)OC)N1CCN(CC(C)(C)O)CC1. The number of hydrogen-bond acceptors (Lipinski definition) is 5. The largest absolute Gasteiger partial charge is 0.468 e. The zero-order chi connectivity index (χ0) is 13.8. The van der Waals surface area contributed by atoms with Gasteiger partial charge in [-0.2, -0.15) is 0 Å². The van der Waals surface area contributed by atoms with Gasteiger partial charge in [0.05, 0.1) is 12.7 Å². The van der Waals surface area contributed by atoms with Crippen molar-refractivity contribution < 1.29 is 14.6 Å². The molecule has 0 amide bonds. The zero-order valence-corrected chi connectivity index (χ0v) is 11.6. The number of β-amino-alcohol motifs (C(OH)–C–C–N with tert-alkyl or cyclic N) is 1. The number of hydrogen-bond donors (Lipinski definition) is 1. The van der Waals surface area contributed by atoms with Crippen LogP contribution in [0, 0.1) is 0 Å². The highest BCUT2D eigenvalue weighted by Crippen LogP contribution is 2.12. The molecule has 18 heavy (non-hydrogen) atoms. The van der Waals surface area contributed by atoms with Crippen molar-refractivity contribution in [2.75, 3.05) is 39.8 Å². The first kappa shape index (κ1) is 15.1. The van der Waals surface area contributed by atoms with Gasteiger partial charge in [-0.15, -0.1) is 6.58 Å². The van der Waals surface area contributed by atoms with Crippen LogP contribution in [-0.4, -0.2) is 72.4 Å². The van der Waals surface area contributed by atoms with Gasteiger partial charge in [-0.1, -0.05) is 6.08 Å². The molecular weight excluding hydrogens is 232 g/mol. The lowest BCUT2D eigenvalue weighted by molar-refractivity contribution is -0.145. The number of ether oxygens (including phenoxy) is 1. The van der Waals surface area contributed by atoms with Crippen molar-refractivity contribution in [3.63, 3.8) is 0 Å². The summed E-state index contributed by atoms with van der Waals surface area (Å²) in [5.74, 6) is -0.263. The fourth-order valence-electron chi connectivity index (χ4n) is 2.26. The number of nitrogens with zero attached hydrogens (tertiary/aromatic N) is 2. The standard InChI is InChI=1S/C13H24N2O3/c1-5-11(12(16)18-4)15-8-6-14(7-9-15)10-13(2,3)17/h5,11,17H,1,6-10H2,2-4H3. The first-order valence-corrected chi connectivity index (χ1v) is 6.26. The molecule has 1 fully saturated rings. The van der Waals surface area contributed by atoms with Crippen LogP contribution in [0.15, 0.2) is 12.7 Å². The van der Waals surface area contributed by atoms with Crippen molar-refractivity contribution in [2.45, 2.75) is 25.5 Å². The average molecular weight is 256 g/mol. The molecule has 0 aromatic heterocycles. The monoisotopic (exact) mass is 256 g/mol. The van der Waals surface area contributed by atoms with Crippen LogP contribution in [0.1, 0.15) is 13.8 Å². The van der Waals surface area contributed by atoms with Crippen LogP contribution in [0.4, 0.5) is 0 Å². The van der Waals surface area contributed by atoms with Gasteiger partial charge < -0.3 is 9.84 Å². The minimum atomic E-state index is -0.678. The fourth-order valence-corrected chi connectivity index (χ4v) is 2.26. The number of esters is 1. The highest BCUT2D eigenvalue weighted by atomic mass is 16.5. The van der Waals surface area contributed by atoms with Crippen LogP contribution >= 0.6 is 0 Å². The summed E-state index contributed by atoms with van der Waals surface area (Å²) in [6, 6.07) is -0.362. The van der Waals surface area contributed by atoms with E-state index in [2.05, 4.69) is 16.4 Å². The molecule has 1 N–H and O–H groups in total. The second-order valence-electron chi connectivity index (χ2n) is 5.33. The molecule has 5 nitrogen and oxygen atoms in total. The number of carbonyl (C=O) groups excluding carboxylic acids is 1. The van der Waals surface area contributed by atoms with Crippen LogP contribution in [0.2, 0.25) is 0 Å². The van der Waals surface area contributed by atoms with Gasteiger partial charge in [0.2, 0.25) is 0 Å². The van der Waals surface area contributed by atoms with Gasteiger partial charge in [-0.25, -0.2) is 0 Å². The smallest absolute Gasteiger partial charge is 0.327 e. The molecule has 1 saturated heterocycles. The van der Waals surface area contributed by atoms with Crippen molar-refractivity contribution in [2.24, 2.45) is 0 Å². The topological polar surface area (TPSA) is 53.0 Å². The molecule has 0 aliphatic carbocycles. The summed E-state index contributed by atoms with van der Waals surface area (Å²) in [7, 11) is 1.39. The van der Waals surface area contributed by atoms with Gasteiger partial charge in [0, 0.05) is 32.7 Å². The number of rotatable bonds is 5. The molecule has 0 aromatic carbocycles. The maximum absolute atomic E-state index is 11.6. The van der Waals surface area contributed by atoms with E-state index in [0.717, 1.165) is 26.2 Å². The van der Waals surface area contributed by atoms with Gasteiger partial charge in [-0.05, 0) is 13.8 Å². The Bertz CT molecular complexity index is 291. The van der Waals surface area contributed by atoms with E-state index in [1.807, 2.05) is 0 Å². The Morgan fingerprint density at radius 3 is 2.39 bits per heavy atom.